The summed E-state index contributed by atoms with van der Waals surface area (Å²) in [6.45, 7) is 5.96. The molecule has 1 aliphatic heterocycles. The van der Waals surface area contributed by atoms with E-state index in [2.05, 4.69) is 5.32 Å². The van der Waals surface area contributed by atoms with Crippen LogP contribution >= 0.6 is 0 Å². The summed E-state index contributed by atoms with van der Waals surface area (Å²) in [5.74, 6) is -1.21. The topological polar surface area (TPSA) is 86.7 Å². The number of nitrogens with one attached hydrogen (secondary N) is 1. The zero-order chi connectivity index (χ0) is 15.3. The van der Waals surface area contributed by atoms with Crippen molar-refractivity contribution in [2.24, 2.45) is 5.92 Å². The van der Waals surface area contributed by atoms with Crippen molar-refractivity contribution in [2.45, 2.75) is 58.5 Å². The normalized spacial score (nSPS) is 18.8. The van der Waals surface area contributed by atoms with Crippen LogP contribution in [-0.2, 0) is 14.4 Å². The van der Waals surface area contributed by atoms with Gasteiger partial charge in [-0.2, -0.15) is 0 Å². The summed E-state index contributed by atoms with van der Waals surface area (Å²) in [5, 5.41) is 11.3. The molecule has 0 bridgehead atoms. The Balaban J connectivity index is 2.79. The fourth-order valence-corrected chi connectivity index (χ4v) is 2.35. The number of hydrogen-bond donors (Lipinski definition) is 2. The van der Waals surface area contributed by atoms with Crippen LogP contribution in [0.15, 0.2) is 0 Å². The summed E-state index contributed by atoms with van der Waals surface area (Å²) in [7, 11) is 0. The van der Waals surface area contributed by atoms with Crippen molar-refractivity contribution < 1.29 is 19.5 Å². The maximum atomic E-state index is 12.3. The molecular weight excluding hydrogens is 260 g/mol. The van der Waals surface area contributed by atoms with Gasteiger partial charge in [-0.25, -0.2) is 0 Å². The number of nitrogens with zero attached hydrogens (tertiary/aromatic N) is 1. The Bertz CT molecular complexity index is 381. The molecule has 1 saturated heterocycles. The van der Waals surface area contributed by atoms with Gasteiger partial charge in [-0.1, -0.05) is 13.8 Å². The molecule has 0 aliphatic carbocycles. The van der Waals surface area contributed by atoms with Crippen LogP contribution in [0.25, 0.3) is 0 Å². The Hall–Kier alpha value is -1.59. The van der Waals surface area contributed by atoms with E-state index in [1.165, 1.54) is 6.92 Å². The zero-order valence-electron chi connectivity index (χ0n) is 12.4. The number of carbonyl (C=O) groups is 3. The second-order valence-electron chi connectivity index (χ2n) is 5.76. The van der Waals surface area contributed by atoms with Crippen LogP contribution in [-0.4, -0.2) is 46.4 Å². The van der Waals surface area contributed by atoms with Gasteiger partial charge in [0.05, 0.1) is 0 Å². The molecule has 20 heavy (non-hydrogen) atoms. The quantitative estimate of drug-likeness (QED) is 0.762. The first-order valence-electron chi connectivity index (χ1n) is 7.15. The van der Waals surface area contributed by atoms with Crippen LogP contribution in [0.3, 0.4) is 0 Å². The lowest BCUT2D eigenvalue weighted by Crippen LogP contribution is -2.54. The standard InChI is InChI=1S/C14H24N2O4/c1-9(2)8-11(13(18)15-10(3)14(19)20)16-7-5-4-6-12(16)17/h9-11H,4-8H2,1-3H3,(H,15,18)(H,19,20)/t10-,11?/m1/s1. The minimum absolute atomic E-state index is 0.0139. The maximum absolute atomic E-state index is 12.3. The Morgan fingerprint density at radius 3 is 2.45 bits per heavy atom. The molecule has 2 atom stereocenters. The first-order chi connectivity index (χ1) is 9.32. The van der Waals surface area contributed by atoms with Crippen molar-refractivity contribution in [3.8, 4) is 0 Å². The molecule has 0 aromatic rings. The average Bonchev–Trinajstić information content (AvgIpc) is 2.36. The fraction of sp³-hybridized carbons (Fsp3) is 0.786. The van der Waals surface area contributed by atoms with Crippen molar-refractivity contribution in [2.75, 3.05) is 6.54 Å². The summed E-state index contributed by atoms with van der Waals surface area (Å²) < 4.78 is 0. The number of carbonyl (C=O) groups excluding carboxylic acids is 2. The van der Waals surface area contributed by atoms with Crippen LogP contribution in [0.5, 0.6) is 0 Å². The molecule has 1 fully saturated rings. The van der Waals surface area contributed by atoms with E-state index >= 15 is 0 Å². The third-order valence-corrected chi connectivity index (χ3v) is 3.46. The monoisotopic (exact) mass is 284 g/mol. The van der Waals surface area contributed by atoms with Gasteiger partial charge in [0.1, 0.15) is 12.1 Å². The van der Waals surface area contributed by atoms with Gasteiger partial charge in [-0.15, -0.1) is 0 Å². The lowest BCUT2D eigenvalue weighted by Gasteiger charge is -2.35. The molecule has 0 aromatic heterocycles. The van der Waals surface area contributed by atoms with Gasteiger partial charge in [0.15, 0.2) is 0 Å². The van der Waals surface area contributed by atoms with E-state index in [0.29, 0.717) is 19.4 Å². The fourth-order valence-electron chi connectivity index (χ4n) is 2.35. The Morgan fingerprint density at radius 1 is 1.30 bits per heavy atom. The minimum Gasteiger partial charge on any atom is -0.480 e. The van der Waals surface area contributed by atoms with E-state index in [0.717, 1.165) is 12.8 Å². The highest BCUT2D eigenvalue weighted by Gasteiger charge is 2.32. The van der Waals surface area contributed by atoms with Gasteiger partial charge in [-0.05, 0) is 32.1 Å². The van der Waals surface area contributed by atoms with Crippen molar-refractivity contribution >= 4 is 17.8 Å². The number of amides is 2. The highest BCUT2D eigenvalue weighted by molar-refractivity contribution is 5.90. The Morgan fingerprint density at radius 2 is 1.95 bits per heavy atom. The second-order valence-corrected chi connectivity index (χ2v) is 5.76. The van der Waals surface area contributed by atoms with Crippen LogP contribution in [0.4, 0.5) is 0 Å². The third kappa shape index (κ3) is 4.51. The molecule has 2 N–H and O–H groups in total. The Labute approximate surface area is 119 Å². The summed E-state index contributed by atoms with van der Waals surface area (Å²) in [6.07, 6.45) is 2.76. The largest absolute Gasteiger partial charge is 0.480 e. The van der Waals surface area contributed by atoms with Gasteiger partial charge >= 0.3 is 5.97 Å². The lowest BCUT2D eigenvalue weighted by molar-refractivity contribution is -0.145. The number of hydrogen-bond acceptors (Lipinski definition) is 3. The van der Waals surface area contributed by atoms with Crippen molar-refractivity contribution in [1.29, 1.82) is 0 Å². The van der Waals surface area contributed by atoms with Gasteiger partial charge in [-0.3, -0.25) is 14.4 Å². The predicted octanol–water partition coefficient (Wildman–Crippen LogP) is 1.00. The summed E-state index contributed by atoms with van der Waals surface area (Å²) >= 11 is 0. The van der Waals surface area contributed by atoms with E-state index in [9.17, 15) is 14.4 Å². The van der Waals surface area contributed by atoms with Crippen LogP contribution < -0.4 is 5.32 Å². The number of carboxylic acids is 1. The molecule has 2 amide bonds. The van der Waals surface area contributed by atoms with E-state index in [-0.39, 0.29) is 17.7 Å². The summed E-state index contributed by atoms with van der Waals surface area (Å²) in [5.41, 5.74) is 0. The molecule has 0 radical (unpaired) electrons. The van der Waals surface area contributed by atoms with E-state index < -0.39 is 18.1 Å². The predicted molar refractivity (Wildman–Crippen MR) is 74.0 cm³/mol. The first-order valence-corrected chi connectivity index (χ1v) is 7.15. The van der Waals surface area contributed by atoms with E-state index in [4.69, 9.17) is 5.11 Å². The van der Waals surface area contributed by atoms with E-state index in [1.807, 2.05) is 13.8 Å². The van der Waals surface area contributed by atoms with Crippen LogP contribution in [0, 0.1) is 5.92 Å². The number of aliphatic carboxylic acids is 1. The number of likely N-dealkylation sites (tertiary alicyclic amines) is 1. The number of rotatable bonds is 6. The molecule has 0 aromatic carbocycles. The van der Waals surface area contributed by atoms with Crippen LogP contribution in [0.2, 0.25) is 0 Å². The molecule has 0 spiro atoms. The minimum atomic E-state index is -1.08. The van der Waals surface area contributed by atoms with Gasteiger partial charge in [0.25, 0.3) is 0 Å². The van der Waals surface area contributed by atoms with Gasteiger partial charge < -0.3 is 15.3 Å². The first kappa shape index (κ1) is 16.5. The molecular formula is C14H24N2O4. The zero-order valence-corrected chi connectivity index (χ0v) is 12.4. The molecule has 1 rings (SSSR count). The maximum Gasteiger partial charge on any atom is 0.325 e. The highest BCUT2D eigenvalue weighted by atomic mass is 16.4. The van der Waals surface area contributed by atoms with E-state index in [1.54, 1.807) is 4.90 Å². The Kier molecular flexibility index (Phi) is 5.98. The molecule has 6 heteroatoms. The summed E-state index contributed by atoms with van der Waals surface area (Å²) in [6, 6.07) is -1.51. The second kappa shape index (κ2) is 7.26. The molecule has 0 saturated carbocycles. The molecule has 1 unspecified atom stereocenters. The molecule has 1 aliphatic rings. The molecule has 1 heterocycles. The highest BCUT2D eigenvalue weighted by Crippen LogP contribution is 2.19. The number of piperidine rings is 1. The van der Waals surface area contributed by atoms with Crippen molar-refractivity contribution in [3.63, 3.8) is 0 Å². The average molecular weight is 284 g/mol. The van der Waals surface area contributed by atoms with Gasteiger partial charge in [0.2, 0.25) is 11.8 Å². The van der Waals surface area contributed by atoms with Crippen LogP contribution in [0.1, 0.15) is 46.5 Å². The SMILES string of the molecule is CC(C)CC(C(=O)N[C@H](C)C(=O)O)N1CCCCC1=O. The molecule has 6 nitrogen and oxygen atoms in total. The van der Waals surface area contributed by atoms with Crippen molar-refractivity contribution in [1.82, 2.24) is 10.2 Å². The third-order valence-electron chi connectivity index (χ3n) is 3.46. The molecule has 114 valence electrons. The number of carboxylic acid groups (broad SMARTS) is 1. The summed E-state index contributed by atoms with van der Waals surface area (Å²) in [4.78, 5) is 36.7. The smallest absolute Gasteiger partial charge is 0.325 e. The van der Waals surface area contributed by atoms with Gasteiger partial charge in [0, 0.05) is 13.0 Å². The lowest BCUT2D eigenvalue weighted by atomic mass is 9.98. The van der Waals surface area contributed by atoms with Crippen molar-refractivity contribution in [3.05, 3.63) is 0 Å².